The molecule has 2 aromatic rings. The average Bonchev–Trinajstić information content (AvgIpc) is 2.92. The molecular weight excluding hydrogens is 274 g/mol. The van der Waals surface area contributed by atoms with Crippen molar-refractivity contribution in [3.63, 3.8) is 0 Å². The molecule has 0 saturated heterocycles. The molecule has 1 aromatic heterocycles. The minimum Gasteiger partial charge on any atom is -0.305 e. The second-order valence-electron chi connectivity index (χ2n) is 6.87. The molecule has 0 N–H and O–H groups in total. The third-order valence-corrected chi connectivity index (χ3v) is 6.20. The number of fused-ring (bicyclic) bond motifs is 3. The van der Waals surface area contributed by atoms with E-state index in [0.29, 0.717) is 0 Å². The summed E-state index contributed by atoms with van der Waals surface area (Å²) >= 11 is 1.91. The summed E-state index contributed by atoms with van der Waals surface area (Å²) in [5, 5.41) is 3.89. The van der Waals surface area contributed by atoms with Crippen LogP contribution in [0.3, 0.4) is 0 Å². The van der Waals surface area contributed by atoms with E-state index in [-0.39, 0.29) is 0 Å². The van der Waals surface area contributed by atoms with Crippen molar-refractivity contribution in [1.82, 2.24) is 4.90 Å². The van der Waals surface area contributed by atoms with Crippen molar-refractivity contribution in [2.75, 3.05) is 20.6 Å². The quantitative estimate of drug-likeness (QED) is 0.767. The fourth-order valence-electron chi connectivity index (χ4n) is 4.35. The van der Waals surface area contributed by atoms with Crippen molar-refractivity contribution >= 4 is 27.0 Å². The molecule has 0 amide bonds. The van der Waals surface area contributed by atoms with Gasteiger partial charge in [-0.1, -0.05) is 18.2 Å². The van der Waals surface area contributed by atoms with Crippen molar-refractivity contribution in [2.45, 2.75) is 25.7 Å². The molecule has 1 saturated carbocycles. The van der Waals surface area contributed by atoms with Gasteiger partial charge in [0.05, 0.1) is 0 Å². The molecule has 0 atom stereocenters. The number of thiophene rings is 1. The topological polar surface area (TPSA) is 3.24 Å². The zero-order valence-corrected chi connectivity index (χ0v) is 13.7. The molecule has 1 heterocycles. The lowest BCUT2D eigenvalue weighted by atomic mass is 9.65. The summed E-state index contributed by atoms with van der Waals surface area (Å²) in [7, 11) is 4.41. The molecule has 0 spiro atoms. The van der Waals surface area contributed by atoms with Gasteiger partial charge in [-0.05, 0) is 85.2 Å². The highest BCUT2D eigenvalue weighted by Gasteiger charge is 2.36. The first-order valence-corrected chi connectivity index (χ1v) is 8.96. The van der Waals surface area contributed by atoms with E-state index in [9.17, 15) is 0 Å². The summed E-state index contributed by atoms with van der Waals surface area (Å²) < 4.78 is 1.44. The van der Waals surface area contributed by atoms with Crippen molar-refractivity contribution in [2.24, 2.45) is 11.8 Å². The van der Waals surface area contributed by atoms with E-state index in [1.54, 1.807) is 16.7 Å². The van der Waals surface area contributed by atoms with Gasteiger partial charge in [0, 0.05) is 11.2 Å². The maximum absolute atomic E-state index is 2.41. The van der Waals surface area contributed by atoms with Crippen LogP contribution in [0.1, 0.15) is 31.2 Å². The van der Waals surface area contributed by atoms with Crippen LogP contribution in [-0.2, 0) is 0 Å². The fraction of sp³-hybridized carbons (Fsp3) is 0.474. The number of hydrogen-bond donors (Lipinski definition) is 0. The Morgan fingerprint density at radius 1 is 1.05 bits per heavy atom. The highest BCUT2D eigenvalue weighted by atomic mass is 32.1. The molecule has 1 fully saturated rings. The van der Waals surface area contributed by atoms with E-state index < -0.39 is 0 Å². The maximum Gasteiger partial charge on any atom is 0.0349 e. The molecule has 2 bridgehead atoms. The van der Waals surface area contributed by atoms with Crippen LogP contribution >= 0.6 is 11.3 Å². The van der Waals surface area contributed by atoms with Gasteiger partial charge < -0.3 is 4.90 Å². The van der Waals surface area contributed by atoms with Crippen LogP contribution in [0.2, 0.25) is 0 Å². The smallest absolute Gasteiger partial charge is 0.0349 e. The first kappa shape index (κ1) is 13.5. The molecule has 3 aliphatic rings. The lowest BCUT2D eigenvalue weighted by Gasteiger charge is -2.41. The van der Waals surface area contributed by atoms with Gasteiger partial charge in [0.25, 0.3) is 0 Å². The summed E-state index contributed by atoms with van der Waals surface area (Å²) in [6.45, 7) is 1.14. The first-order chi connectivity index (χ1) is 10.2. The highest BCUT2D eigenvalue weighted by Crippen LogP contribution is 2.51. The van der Waals surface area contributed by atoms with Gasteiger partial charge in [0.2, 0.25) is 0 Å². The number of rotatable bonds is 3. The van der Waals surface area contributed by atoms with Gasteiger partial charge >= 0.3 is 0 Å². The molecule has 1 nitrogen and oxygen atoms in total. The number of hydrogen-bond acceptors (Lipinski definition) is 2. The Bertz CT molecular complexity index is 686. The predicted molar refractivity (Wildman–Crippen MR) is 92.7 cm³/mol. The second kappa shape index (κ2) is 5.26. The van der Waals surface area contributed by atoms with Crippen LogP contribution in [0.25, 0.3) is 15.7 Å². The molecule has 1 aromatic carbocycles. The normalized spacial score (nSPS) is 25.3. The van der Waals surface area contributed by atoms with E-state index in [1.807, 2.05) is 11.3 Å². The van der Waals surface area contributed by atoms with E-state index in [4.69, 9.17) is 0 Å². The summed E-state index contributed by atoms with van der Waals surface area (Å²) in [6, 6.07) is 8.91. The van der Waals surface area contributed by atoms with Gasteiger partial charge in [0.1, 0.15) is 0 Å². The van der Waals surface area contributed by atoms with Gasteiger partial charge in [-0.15, -0.1) is 11.3 Å². The third-order valence-electron chi connectivity index (χ3n) is 5.23. The predicted octanol–water partition coefficient (Wildman–Crippen LogP) is 5.04. The Hall–Kier alpha value is -1.12. The van der Waals surface area contributed by atoms with Gasteiger partial charge in [-0.3, -0.25) is 0 Å². The molecule has 3 aliphatic carbocycles. The maximum atomic E-state index is 2.41. The van der Waals surface area contributed by atoms with Crippen LogP contribution < -0.4 is 0 Å². The molecule has 110 valence electrons. The van der Waals surface area contributed by atoms with Crippen molar-refractivity contribution in [1.29, 1.82) is 0 Å². The Balaban J connectivity index is 1.90. The van der Waals surface area contributed by atoms with E-state index in [1.165, 1.54) is 35.8 Å². The molecule has 21 heavy (non-hydrogen) atoms. The highest BCUT2D eigenvalue weighted by molar-refractivity contribution is 7.17. The lowest BCUT2D eigenvalue weighted by Crippen LogP contribution is -2.31. The van der Waals surface area contributed by atoms with Crippen LogP contribution in [-0.4, -0.2) is 25.5 Å². The summed E-state index contributed by atoms with van der Waals surface area (Å²) in [5.74, 6) is 1.65. The third kappa shape index (κ3) is 2.25. The number of allylic oxidation sites excluding steroid dienone is 1. The monoisotopic (exact) mass is 297 g/mol. The minimum atomic E-state index is 0.808. The number of benzene rings is 1. The van der Waals surface area contributed by atoms with Crippen LogP contribution in [0, 0.1) is 11.8 Å². The molecule has 0 radical (unpaired) electrons. The number of nitrogens with zero attached hydrogens (tertiary/aromatic N) is 1. The van der Waals surface area contributed by atoms with Crippen LogP contribution in [0.15, 0.2) is 35.2 Å². The molecule has 5 rings (SSSR count). The first-order valence-electron chi connectivity index (χ1n) is 8.08. The van der Waals surface area contributed by atoms with Gasteiger partial charge in [-0.2, -0.15) is 0 Å². The van der Waals surface area contributed by atoms with Gasteiger partial charge in [-0.25, -0.2) is 0 Å². The lowest BCUT2D eigenvalue weighted by molar-refractivity contribution is 0.300. The Morgan fingerprint density at radius 2 is 1.76 bits per heavy atom. The van der Waals surface area contributed by atoms with Crippen LogP contribution in [0.5, 0.6) is 0 Å². The van der Waals surface area contributed by atoms with Crippen LogP contribution in [0.4, 0.5) is 0 Å². The molecular formula is C19H23NS. The summed E-state index contributed by atoms with van der Waals surface area (Å²) in [5.41, 5.74) is 5.00. The zero-order valence-electron chi connectivity index (χ0n) is 12.9. The standard InChI is InChI=1S/C19H23NS/c1-20(2)11-16-13-7-9-14(10-8-13)19(16)17-12-21-18-6-4-3-5-15(17)18/h3-6,12-14H,7-11H2,1-2H3. The van der Waals surface area contributed by atoms with Crippen molar-refractivity contribution in [3.05, 3.63) is 40.8 Å². The largest absolute Gasteiger partial charge is 0.305 e. The Morgan fingerprint density at radius 3 is 2.52 bits per heavy atom. The Labute approximate surface area is 131 Å². The van der Waals surface area contributed by atoms with Gasteiger partial charge in [0.15, 0.2) is 0 Å². The van der Waals surface area contributed by atoms with Crippen molar-refractivity contribution in [3.8, 4) is 0 Å². The fourth-order valence-corrected chi connectivity index (χ4v) is 5.31. The second-order valence-corrected chi connectivity index (χ2v) is 7.78. The summed E-state index contributed by atoms with van der Waals surface area (Å²) in [4.78, 5) is 2.35. The molecule has 0 unspecified atom stereocenters. The minimum absolute atomic E-state index is 0.808. The Kier molecular flexibility index (Phi) is 3.39. The van der Waals surface area contributed by atoms with E-state index in [0.717, 1.165) is 18.4 Å². The van der Waals surface area contributed by atoms with Crippen molar-refractivity contribution < 1.29 is 0 Å². The summed E-state index contributed by atoms with van der Waals surface area (Å²) in [6.07, 6.45) is 5.64. The number of likely N-dealkylation sites (N-methyl/N-ethyl adjacent to an activating group) is 1. The van der Waals surface area contributed by atoms with E-state index >= 15 is 0 Å². The van der Waals surface area contributed by atoms with E-state index in [2.05, 4.69) is 48.6 Å². The average molecular weight is 297 g/mol. The molecule has 0 aliphatic heterocycles. The SMILES string of the molecule is CN(C)CC1=C(c2csc3ccccc23)C2CCC1CC2. The molecule has 2 heteroatoms. The zero-order chi connectivity index (χ0) is 14.4.